The van der Waals surface area contributed by atoms with Gasteiger partial charge in [0.25, 0.3) is 0 Å². The first-order chi connectivity index (χ1) is 12.1. The average Bonchev–Trinajstić information content (AvgIpc) is 2.95. The van der Waals surface area contributed by atoms with Crippen LogP contribution in [0.15, 0.2) is 24.4 Å². The summed E-state index contributed by atoms with van der Waals surface area (Å²) < 4.78 is 7.76. The van der Waals surface area contributed by atoms with Crippen molar-refractivity contribution >= 4 is 11.7 Å². The second-order valence-corrected chi connectivity index (χ2v) is 7.17. The molecule has 0 aliphatic heterocycles. The van der Waals surface area contributed by atoms with Crippen LogP contribution in [-0.4, -0.2) is 51.3 Å². The molecule has 0 bridgehead atoms. The summed E-state index contributed by atoms with van der Waals surface area (Å²) in [5.74, 6) is 0.757. The zero-order valence-corrected chi connectivity index (χ0v) is 14.8. The highest BCUT2D eigenvalue weighted by molar-refractivity contribution is 5.74. The van der Waals surface area contributed by atoms with Gasteiger partial charge in [-0.1, -0.05) is 12.5 Å². The molecule has 25 heavy (non-hydrogen) atoms. The van der Waals surface area contributed by atoms with Crippen molar-refractivity contribution in [3.63, 3.8) is 0 Å². The van der Waals surface area contributed by atoms with E-state index in [4.69, 9.17) is 4.74 Å². The van der Waals surface area contributed by atoms with E-state index in [1.54, 1.807) is 11.9 Å². The summed E-state index contributed by atoms with van der Waals surface area (Å²) in [6.45, 7) is 3.20. The molecule has 2 aromatic heterocycles. The molecule has 1 N–H and O–H groups in total. The second kappa shape index (κ2) is 6.29. The Morgan fingerprint density at radius 2 is 2.28 bits per heavy atom. The highest BCUT2D eigenvalue weighted by atomic mass is 16.5. The van der Waals surface area contributed by atoms with Crippen LogP contribution in [-0.2, 0) is 11.3 Å². The molecule has 2 aliphatic carbocycles. The second-order valence-electron chi connectivity index (χ2n) is 7.17. The normalized spacial score (nSPS) is 23.9. The number of aromatic nitrogens is 3. The molecule has 7 heteroatoms. The molecule has 1 spiro atoms. The number of fused-ring (bicyclic) bond motifs is 1. The molecule has 4 rings (SSSR count). The number of hydrogen-bond acceptors (Lipinski definition) is 4. The predicted molar refractivity (Wildman–Crippen MR) is 93.1 cm³/mol. The Morgan fingerprint density at radius 3 is 3.00 bits per heavy atom. The molecular formula is C18H25N5O2. The number of nitrogens with zero attached hydrogens (tertiary/aromatic N) is 4. The third-order valence-electron chi connectivity index (χ3n) is 5.84. The van der Waals surface area contributed by atoms with Crippen LogP contribution in [0.5, 0.6) is 0 Å². The third kappa shape index (κ3) is 2.66. The summed E-state index contributed by atoms with van der Waals surface area (Å²) in [6.07, 6.45) is 6.68. The van der Waals surface area contributed by atoms with Gasteiger partial charge in [0.2, 0.25) is 0 Å². The number of carbonyl (C=O) groups is 1. The molecule has 7 nitrogen and oxygen atoms in total. The molecule has 2 heterocycles. The maximum Gasteiger partial charge on any atom is 0.317 e. The first kappa shape index (κ1) is 16.3. The quantitative estimate of drug-likeness (QED) is 0.903. The molecule has 2 aliphatic rings. The number of nitrogens with one attached hydrogen (secondary N) is 1. The van der Waals surface area contributed by atoms with Crippen molar-refractivity contribution in [2.45, 2.75) is 51.3 Å². The lowest BCUT2D eigenvalue weighted by Gasteiger charge is -2.61. The topological polar surface area (TPSA) is 71.8 Å². The minimum absolute atomic E-state index is 0.0566. The first-order valence-electron chi connectivity index (χ1n) is 9.06. The molecule has 2 amide bonds. The Hall–Kier alpha value is -2.15. The standard InChI is InChI=1S/C18H25N5O2/c1-3-25-14-11-13(18(14)8-6-9-18)19-17(24)22(2)12-16-21-20-15-7-4-5-10-23(15)16/h4-5,7,10,13-14H,3,6,8-9,11-12H2,1-2H3,(H,19,24)/t13-,14+/m1/s1. The fourth-order valence-electron chi connectivity index (χ4n) is 4.18. The molecule has 0 saturated heterocycles. The highest BCUT2D eigenvalue weighted by Crippen LogP contribution is 2.57. The number of pyridine rings is 1. The van der Waals surface area contributed by atoms with Gasteiger partial charge in [-0.05, 0) is 38.3 Å². The van der Waals surface area contributed by atoms with E-state index in [0.717, 1.165) is 37.3 Å². The van der Waals surface area contributed by atoms with Crippen LogP contribution in [0.2, 0.25) is 0 Å². The Kier molecular flexibility index (Phi) is 4.11. The Morgan fingerprint density at radius 1 is 1.44 bits per heavy atom. The zero-order chi connectivity index (χ0) is 17.4. The van der Waals surface area contributed by atoms with Crippen molar-refractivity contribution in [3.05, 3.63) is 30.2 Å². The van der Waals surface area contributed by atoms with Gasteiger partial charge in [0.05, 0.1) is 12.6 Å². The van der Waals surface area contributed by atoms with E-state index in [2.05, 4.69) is 15.5 Å². The lowest BCUT2D eigenvalue weighted by Crippen LogP contribution is -2.68. The summed E-state index contributed by atoms with van der Waals surface area (Å²) in [4.78, 5) is 14.3. The van der Waals surface area contributed by atoms with E-state index in [1.807, 2.05) is 35.7 Å². The van der Waals surface area contributed by atoms with Crippen molar-refractivity contribution in [2.24, 2.45) is 5.41 Å². The van der Waals surface area contributed by atoms with Crippen LogP contribution in [0.3, 0.4) is 0 Å². The average molecular weight is 343 g/mol. The summed E-state index contributed by atoms with van der Waals surface area (Å²) in [6, 6.07) is 5.93. The summed E-state index contributed by atoms with van der Waals surface area (Å²) >= 11 is 0. The van der Waals surface area contributed by atoms with Crippen LogP contribution < -0.4 is 5.32 Å². The molecule has 2 aromatic rings. The zero-order valence-electron chi connectivity index (χ0n) is 14.8. The molecule has 0 unspecified atom stereocenters. The summed E-state index contributed by atoms with van der Waals surface area (Å²) in [5, 5.41) is 11.5. The smallest absolute Gasteiger partial charge is 0.317 e. The maximum atomic E-state index is 12.6. The number of carbonyl (C=O) groups excluding carboxylic acids is 1. The van der Waals surface area contributed by atoms with Gasteiger partial charge in [0, 0.05) is 31.3 Å². The number of amides is 2. The molecule has 134 valence electrons. The van der Waals surface area contributed by atoms with E-state index < -0.39 is 0 Å². The first-order valence-corrected chi connectivity index (χ1v) is 9.06. The molecule has 0 aromatic carbocycles. The van der Waals surface area contributed by atoms with Gasteiger partial charge in [-0.15, -0.1) is 10.2 Å². The lowest BCUT2D eigenvalue weighted by atomic mass is 9.51. The minimum Gasteiger partial charge on any atom is -0.378 e. The van der Waals surface area contributed by atoms with Gasteiger partial charge < -0.3 is 15.0 Å². The summed E-state index contributed by atoms with van der Waals surface area (Å²) in [5.41, 5.74) is 0.965. The monoisotopic (exact) mass is 343 g/mol. The van der Waals surface area contributed by atoms with E-state index >= 15 is 0 Å². The van der Waals surface area contributed by atoms with Crippen molar-refractivity contribution in [2.75, 3.05) is 13.7 Å². The van der Waals surface area contributed by atoms with Gasteiger partial charge in [-0.2, -0.15) is 0 Å². The van der Waals surface area contributed by atoms with Crippen molar-refractivity contribution in [1.82, 2.24) is 24.8 Å². The number of rotatable bonds is 5. The molecule has 2 fully saturated rings. The number of hydrogen-bond donors (Lipinski definition) is 1. The van der Waals surface area contributed by atoms with Gasteiger partial charge in [0.1, 0.15) is 0 Å². The van der Waals surface area contributed by atoms with Crippen LogP contribution in [0.25, 0.3) is 5.65 Å². The molecule has 2 atom stereocenters. The van der Waals surface area contributed by atoms with Gasteiger partial charge in [-0.3, -0.25) is 4.40 Å². The van der Waals surface area contributed by atoms with Gasteiger partial charge in [-0.25, -0.2) is 4.79 Å². The van der Waals surface area contributed by atoms with Crippen LogP contribution in [0, 0.1) is 5.41 Å². The fraction of sp³-hybridized carbons (Fsp3) is 0.611. The number of ether oxygens (including phenoxy) is 1. The fourth-order valence-corrected chi connectivity index (χ4v) is 4.18. The van der Waals surface area contributed by atoms with E-state index in [-0.39, 0.29) is 17.5 Å². The third-order valence-corrected chi connectivity index (χ3v) is 5.84. The Bertz CT molecular complexity index is 770. The van der Waals surface area contributed by atoms with Crippen molar-refractivity contribution < 1.29 is 9.53 Å². The minimum atomic E-state index is -0.0566. The van der Waals surface area contributed by atoms with Gasteiger partial charge >= 0.3 is 6.03 Å². The van der Waals surface area contributed by atoms with Crippen molar-refractivity contribution in [1.29, 1.82) is 0 Å². The maximum absolute atomic E-state index is 12.6. The van der Waals surface area contributed by atoms with Crippen LogP contribution >= 0.6 is 0 Å². The molecule has 2 saturated carbocycles. The number of urea groups is 1. The lowest BCUT2D eigenvalue weighted by molar-refractivity contribution is -0.169. The summed E-state index contributed by atoms with van der Waals surface area (Å²) in [7, 11) is 1.80. The van der Waals surface area contributed by atoms with Crippen LogP contribution in [0.4, 0.5) is 4.79 Å². The van der Waals surface area contributed by atoms with Crippen molar-refractivity contribution in [3.8, 4) is 0 Å². The molecular weight excluding hydrogens is 318 g/mol. The van der Waals surface area contributed by atoms with E-state index in [9.17, 15) is 4.79 Å². The largest absolute Gasteiger partial charge is 0.378 e. The predicted octanol–water partition coefficient (Wildman–Crippen LogP) is 2.22. The Balaban J connectivity index is 1.38. The highest BCUT2D eigenvalue weighted by Gasteiger charge is 2.59. The Labute approximate surface area is 147 Å². The van der Waals surface area contributed by atoms with E-state index in [0.29, 0.717) is 12.6 Å². The van der Waals surface area contributed by atoms with Gasteiger partial charge in [0.15, 0.2) is 11.5 Å². The van der Waals surface area contributed by atoms with E-state index in [1.165, 1.54) is 6.42 Å². The SMILES string of the molecule is CCO[C@H]1C[C@@H](NC(=O)N(C)Cc2nnc3ccccn23)C12CCC2. The molecule has 0 radical (unpaired) electrons. The van der Waals surface area contributed by atoms with Crippen LogP contribution in [0.1, 0.15) is 38.4 Å².